The van der Waals surface area contributed by atoms with Crippen LogP contribution in [0.1, 0.15) is 31.4 Å². The maximum Gasteiger partial charge on any atom is 0.325 e. The second kappa shape index (κ2) is 9.83. The highest BCUT2D eigenvalue weighted by Crippen LogP contribution is 2.25. The van der Waals surface area contributed by atoms with E-state index in [2.05, 4.69) is 15.3 Å². The fourth-order valence-electron chi connectivity index (χ4n) is 4.01. The van der Waals surface area contributed by atoms with Gasteiger partial charge >= 0.3 is 6.03 Å². The van der Waals surface area contributed by atoms with Crippen LogP contribution >= 0.6 is 11.6 Å². The first-order valence-corrected chi connectivity index (χ1v) is 10.9. The number of anilines is 1. The van der Waals surface area contributed by atoms with Gasteiger partial charge in [-0.15, -0.1) is 0 Å². The molecule has 10 heteroatoms. The molecule has 166 valence electrons. The number of nitrogens with zero attached hydrogens (tertiary/aromatic N) is 5. The largest absolute Gasteiger partial charge is 0.472 e. The molecule has 2 aromatic rings. The number of ether oxygens (including phenoxy) is 1. The van der Waals surface area contributed by atoms with Gasteiger partial charge in [-0.05, 0) is 49.9 Å². The Morgan fingerprint density at radius 3 is 2.59 bits per heavy atom. The Hall–Kier alpha value is -3.38. The SMILES string of the molecule is N#Cc1nccnc1OC1CCC(NC(=O)CN2CCN(c3ccc(Cl)cc3)C2=O)CC1. The predicted octanol–water partition coefficient (Wildman–Crippen LogP) is 2.75. The van der Waals surface area contributed by atoms with E-state index in [4.69, 9.17) is 21.6 Å². The number of hydrogen-bond acceptors (Lipinski definition) is 6. The quantitative estimate of drug-likeness (QED) is 0.718. The number of carbonyl (C=O) groups is 2. The molecule has 1 aliphatic heterocycles. The number of hydrogen-bond donors (Lipinski definition) is 1. The fourth-order valence-corrected chi connectivity index (χ4v) is 4.13. The van der Waals surface area contributed by atoms with Crippen molar-refractivity contribution in [2.75, 3.05) is 24.5 Å². The molecular weight excluding hydrogens is 432 g/mol. The summed E-state index contributed by atoms with van der Waals surface area (Å²) in [5.74, 6) is 0.0849. The molecule has 1 aromatic carbocycles. The van der Waals surface area contributed by atoms with E-state index in [1.165, 1.54) is 12.4 Å². The maximum atomic E-state index is 12.7. The molecule has 0 atom stereocenters. The van der Waals surface area contributed by atoms with Crippen molar-refractivity contribution in [1.29, 1.82) is 5.26 Å². The summed E-state index contributed by atoms with van der Waals surface area (Å²) >= 11 is 5.91. The maximum absolute atomic E-state index is 12.7. The molecule has 2 aliphatic rings. The van der Waals surface area contributed by atoms with Crippen LogP contribution in [-0.2, 0) is 4.79 Å². The Labute approximate surface area is 190 Å². The van der Waals surface area contributed by atoms with Crippen LogP contribution in [0.15, 0.2) is 36.7 Å². The number of halogens is 1. The number of rotatable bonds is 6. The van der Waals surface area contributed by atoms with Gasteiger partial charge in [0, 0.05) is 42.2 Å². The zero-order valence-electron chi connectivity index (χ0n) is 17.4. The monoisotopic (exact) mass is 454 g/mol. The molecule has 1 N–H and O–H groups in total. The van der Waals surface area contributed by atoms with Crippen molar-refractivity contribution in [2.24, 2.45) is 0 Å². The van der Waals surface area contributed by atoms with Crippen molar-refractivity contribution in [3.05, 3.63) is 47.4 Å². The van der Waals surface area contributed by atoms with Crippen LogP contribution in [0.2, 0.25) is 5.02 Å². The standard InChI is InChI=1S/C22H23ClN6O3/c23-15-1-5-17(6-2-15)29-12-11-28(22(29)31)14-20(30)27-16-3-7-18(8-4-16)32-21-19(13-24)25-9-10-26-21/h1-2,5-6,9-10,16,18H,3-4,7-8,11-12,14H2,(H,27,30). The number of carbonyl (C=O) groups excluding carboxylic acids is 2. The fraction of sp³-hybridized carbons (Fsp3) is 0.409. The van der Waals surface area contributed by atoms with Crippen LogP contribution in [0.25, 0.3) is 0 Å². The lowest BCUT2D eigenvalue weighted by Gasteiger charge is -2.29. The molecule has 0 bridgehead atoms. The van der Waals surface area contributed by atoms with Gasteiger partial charge in [0.1, 0.15) is 18.7 Å². The first kappa shape index (κ1) is 21.8. The molecule has 3 amide bonds. The Bertz CT molecular complexity index is 1020. The summed E-state index contributed by atoms with van der Waals surface area (Å²) in [5.41, 5.74) is 0.939. The number of nitrogens with one attached hydrogen (secondary N) is 1. The number of urea groups is 1. The van der Waals surface area contributed by atoms with Gasteiger partial charge in [0.25, 0.3) is 5.88 Å². The van der Waals surface area contributed by atoms with E-state index in [1.54, 1.807) is 34.1 Å². The third-order valence-corrected chi connectivity index (χ3v) is 5.91. The molecule has 1 aliphatic carbocycles. The smallest absolute Gasteiger partial charge is 0.325 e. The van der Waals surface area contributed by atoms with Gasteiger partial charge in [0.15, 0.2) is 0 Å². The summed E-state index contributed by atoms with van der Waals surface area (Å²) in [6.45, 7) is 1.06. The van der Waals surface area contributed by atoms with E-state index < -0.39 is 0 Å². The summed E-state index contributed by atoms with van der Waals surface area (Å²) < 4.78 is 5.84. The summed E-state index contributed by atoms with van der Waals surface area (Å²) in [6.07, 6.45) is 5.86. The number of amides is 3. The molecule has 9 nitrogen and oxygen atoms in total. The van der Waals surface area contributed by atoms with Gasteiger partial charge in [-0.1, -0.05) is 11.6 Å². The summed E-state index contributed by atoms with van der Waals surface area (Å²) in [6, 6.07) is 8.90. The lowest BCUT2D eigenvalue weighted by Crippen LogP contribution is -2.45. The lowest BCUT2D eigenvalue weighted by molar-refractivity contribution is -0.122. The molecule has 4 rings (SSSR count). The molecule has 1 aromatic heterocycles. The van der Waals surface area contributed by atoms with E-state index in [-0.39, 0.29) is 42.2 Å². The highest BCUT2D eigenvalue weighted by Gasteiger charge is 2.32. The molecule has 2 heterocycles. The summed E-state index contributed by atoms with van der Waals surface area (Å²) in [5, 5.41) is 12.7. The first-order chi connectivity index (χ1) is 15.5. The highest BCUT2D eigenvalue weighted by atomic mass is 35.5. The molecule has 0 radical (unpaired) electrons. The molecule has 0 unspecified atom stereocenters. The Morgan fingerprint density at radius 1 is 1.16 bits per heavy atom. The molecule has 2 fully saturated rings. The van der Waals surface area contributed by atoms with Gasteiger partial charge in [0.2, 0.25) is 11.6 Å². The molecule has 32 heavy (non-hydrogen) atoms. The van der Waals surface area contributed by atoms with Crippen molar-refractivity contribution < 1.29 is 14.3 Å². The van der Waals surface area contributed by atoms with Gasteiger partial charge in [-0.3, -0.25) is 9.69 Å². The van der Waals surface area contributed by atoms with E-state index in [0.29, 0.717) is 18.1 Å². The van der Waals surface area contributed by atoms with Crippen LogP contribution in [0.5, 0.6) is 5.88 Å². The second-order valence-electron chi connectivity index (χ2n) is 7.81. The third-order valence-electron chi connectivity index (χ3n) is 5.66. The average Bonchev–Trinajstić information content (AvgIpc) is 3.16. The van der Waals surface area contributed by atoms with E-state index in [9.17, 15) is 9.59 Å². The predicted molar refractivity (Wildman–Crippen MR) is 117 cm³/mol. The van der Waals surface area contributed by atoms with Crippen molar-refractivity contribution in [3.63, 3.8) is 0 Å². The number of benzene rings is 1. The second-order valence-corrected chi connectivity index (χ2v) is 8.25. The zero-order chi connectivity index (χ0) is 22.5. The van der Waals surface area contributed by atoms with Crippen molar-refractivity contribution >= 4 is 29.2 Å². The van der Waals surface area contributed by atoms with Gasteiger partial charge in [0.05, 0.1) is 0 Å². The van der Waals surface area contributed by atoms with E-state index in [1.807, 2.05) is 6.07 Å². The van der Waals surface area contributed by atoms with Gasteiger partial charge in [-0.2, -0.15) is 5.26 Å². The zero-order valence-corrected chi connectivity index (χ0v) is 18.2. The molecule has 0 spiro atoms. The molecular formula is C22H23ClN6O3. The number of aromatic nitrogens is 2. The van der Waals surface area contributed by atoms with Crippen molar-refractivity contribution in [3.8, 4) is 11.9 Å². The lowest BCUT2D eigenvalue weighted by atomic mass is 9.93. The van der Waals surface area contributed by atoms with Crippen LogP contribution in [0.3, 0.4) is 0 Å². The topological polar surface area (TPSA) is 111 Å². The summed E-state index contributed by atoms with van der Waals surface area (Å²) in [7, 11) is 0. The van der Waals surface area contributed by atoms with Crippen LogP contribution < -0.4 is 15.0 Å². The highest BCUT2D eigenvalue weighted by molar-refractivity contribution is 6.30. The molecule has 1 saturated carbocycles. The minimum atomic E-state index is -0.183. The van der Waals surface area contributed by atoms with E-state index >= 15 is 0 Å². The Morgan fingerprint density at radius 2 is 1.88 bits per heavy atom. The van der Waals surface area contributed by atoms with Crippen molar-refractivity contribution in [1.82, 2.24) is 20.2 Å². The minimum absolute atomic E-state index is 0.0321. The average molecular weight is 455 g/mol. The molecule has 1 saturated heterocycles. The van der Waals surface area contributed by atoms with Crippen molar-refractivity contribution in [2.45, 2.75) is 37.8 Å². The van der Waals surface area contributed by atoms with Gasteiger partial charge < -0.3 is 15.0 Å². The van der Waals surface area contributed by atoms with Crippen LogP contribution in [0.4, 0.5) is 10.5 Å². The Balaban J connectivity index is 1.23. The normalized spacial score (nSPS) is 20.7. The van der Waals surface area contributed by atoms with Crippen LogP contribution in [-0.4, -0.2) is 58.6 Å². The first-order valence-electron chi connectivity index (χ1n) is 10.5. The third kappa shape index (κ3) is 5.08. The Kier molecular flexibility index (Phi) is 6.71. The van der Waals surface area contributed by atoms with E-state index in [0.717, 1.165) is 31.4 Å². The minimum Gasteiger partial charge on any atom is -0.472 e. The van der Waals surface area contributed by atoms with Gasteiger partial charge in [-0.25, -0.2) is 14.8 Å². The van der Waals surface area contributed by atoms with Crippen LogP contribution in [0, 0.1) is 11.3 Å². The number of nitriles is 1. The summed E-state index contributed by atoms with van der Waals surface area (Å²) in [4.78, 5) is 36.4.